The van der Waals surface area contributed by atoms with Crippen LogP contribution in [0.25, 0.3) is 0 Å². The summed E-state index contributed by atoms with van der Waals surface area (Å²) in [5.41, 5.74) is -0.696. The molecule has 0 bridgehead atoms. The molecule has 120 valence electrons. The monoisotopic (exact) mass is 301 g/mol. The highest BCUT2D eigenvalue weighted by Crippen LogP contribution is 2.20. The van der Waals surface area contributed by atoms with Crippen molar-refractivity contribution in [2.45, 2.75) is 58.3 Å². The van der Waals surface area contributed by atoms with E-state index in [0.29, 0.717) is 13.0 Å². The van der Waals surface area contributed by atoms with Crippen molar-refractivity contribution >= 4 is 17.8 Å². The van der Waals surface area contributed by atoms with Gasteiger partial charge in [0.15, 0.2) is 0 Å². The standard InChI is InChI=1S/C14H23NO6/c1-8-9(5-6-20-8)12(17)15-10(13(18)19)7-11(16)21-14(2,3)4/h8-10H,5-7H2,1-4H3,(H,15,17)(H,18,19)/t8?,9?,10-/m0/s1. The predicted molar refractivity (Wildman–Crippen MR) is 73.5 cm³/mol. The van der Waals surface area contributed by atoms with E-state index >= 15 is 0 Å². The van der Waals surface area contributed by atoms with Gasteiger partial charge < -0.3 is 19.9 Å². The molecule has 7 nitrogen and oxygen atoms in total. The van der Waals surface area contributed by atoms with Crippen LogP contribution in [0.5, 0.6) is 0 Å². The molecule has 2 N–H and O–H groups in total. The topological polar surface area (TPSA) is 102 Å². The van der Waals surface area contributed by atoms with Crippen molar-refractivity contribution in [1.82, 2.24) is 5.32 Å². The highest BCUT2D eigenvalue weighted by atomic mass is 16.6. The fourth-order valence-corrected chi connectivity index (χ4v) is 2.10. The first-order chi connectivity index (χ1) is 9.60. The molecule has 1 aliphatic heterocycles. The second kappa shape index (κ2) is 6.89. The summed E-state index contributed by atoms with van der Waals surface area (Å²) in [6.07, 6.45) is -0.104. The maximum absolute atomic E-state index is 12.0. The van der Waals surface area contributed by atoms with Gasteiger partial charge in [0.05, 0.1) is 18.4 Å². The predicted octanol–water partition coefficient (Wildman–Crippen LogP) is 0.713. The van der Waals surface area contributed by atoms with Crippen LogP contribution < -0.4 is 5.32 Å². The molecule has 0 saturated carbocycles. The van der Waals surface area contributed by atoms with Gasteiger partial charge in [0.1, 0.15) is 11.6 Å². The lowest BCUT2D eigenvalue weighted by Gasteiger charge is -2.22. The first kappa shape index (κ1) is 17.4. The van der Waals surface area contributed by atoms with E-state index in [2.05, 4.69) is 5.32 Å². The van der Waals surface area contributed by atoms with Crippen LogP contribution in [-0.4, -0.2) is 47.3 Å². The van der Waals surface area contributed by atoms with Crippen LogP contribution in [0, 0.1) is 5.92 Å². The molecule has 0 aromatic rings. The molecule has 1 amide bonds. The van der Waals surface area contributed by atoms with Crippen LogP contribution in [-0.2, 0) is 23.9 Å². The zero-order chi connectivity index (χ0) is 16.2. The largest absolute Gasteiger partial charge is 0.480 e. The van der Waals surface area contributed by atoms with Gasteiger partial charge in [0.25, 0.3) is 0 Å². The Hall–Kier alpha value is -1.63. The summed E-state index contributed by atoms with van der Waals surface area (Å²) >= 11 is 0. The molecule has 0 aliphatic carbocycles. The molecule has 0 spiro atoms. The van der Waals surface area contributed by atoms with Gasteiger partial charge in [-0.1, -0.05) is 0 Å². The molecular formula is C14H23NO6. The molecule has 1 rings (SSSR count). The van der Waals surface area contributed by atoms with E-state index in [1.807, 2.05) is 0 Å². The first-order valence-corrected chi connectivity index (χ1v) is 6.97. The minimum atomic E-state index is -1.29. The average Bonchev–Trinajstić information content (AvgIpc) is 2.71. The molecule has 7 heteroatoms. The van der Waals surface area contributed by atoms with E-state index in [0.717, 1.165) is 0 Å². The van der Waals surface area contributed by atoms with E-state index in [-0.39, 0.29) is 12.0 Å². The van der Waals surface area contributed by atoms with Gasteiger partial charge >= 0.3 is 11.9 Å². The minimum absolute atomic E-state index is 0.249. The van der Waals surface area contributed by atoms with Crippen molar-refractivity contribution < 1.29 is 29.0 Å². The molecule has 0 aromatic carbocycles. The van der Waals surface area contributed by atoms with Gasteiger partial charge in [-0.2, -0.15) is 0 Å². The lowest BCUT2D eigenvalue weighted by molar-refractivity contribution is -0.158. The quantitative estimate of drug-likeness (QED) is 0.725. The van der Waals surface area contributed by atoms with Crippen molar-refractivity contribution in [2.75, 3.05) is 6.61 Å². The molecular weight excluding hydrogens is 278 g/mol. The number of hydrogen-bond donors (Lipinski definition) is 2. The summed E-state index contributed by atoms with van der Waals surface area (Å²) in [6, 6.07) is -1.29. The van der Waals surface area contributed by atoms with Gasteiger partial charge in [0.2, 0.25) is 5.91 Å². The Balaban J connectivity index is 2.59. The van der Waals surface area contributed by atoms with Crippen LogP contribution in [0.1, 0.15) is 40.5 Å². The zero-order valence-electron chi connectivity index (χ0n) is 12.8. The van der Waals surface area contributed by atoms with E-state index < -0.39 is 35.9 Å². The Morgan fingerprint density at radius 1 is 1.38 bits per heavy atom. The van der Waals surface area contributed by atoms with Crippen molar-refractivity contribution in [3.63, 3.8) is 0 Å². The summed E-state index contributed by atoms with van der Waals surface area (Å²) in [4.78, 5) is 34.9. The molecule has 1 heterocycles. The summed E-state index contributed by atoms with van der Waals surface area (Å²) in [5.74, 6) is -2.71. The molecule has 2 unspecified atom stereocenters. The molecule has 1 aliphatic rings. The van der Waals surface area contributed by atoms with E-state index in [1.165, 1.54) is 0 Å². The van der Waals surface area contributed by atoms with Crippen LogP contribution >= 0.6 is 0 Å². The van der Waals surface area contributed by atoms with E-state index in [4.69, 9.17) is 14.6 Å². The van der Waals surface area contributed by atoms with E-state index in [1.54, 1.807) is 27.7 Å². The number of ether oxygens (including phenoxy) is 2. The number of hydrogen-bond acceptors (Lipinski definition) is 5. The zero-order valence-corrected chi connectivity index (χ0v) is 12.8. The Morgan fingerprint density at radius 2 is 2.00 bits per heavy atom. The number of carbonyl (C=O) groups is 3. The third-order valence-corrected chi connectivity index (χ3v) is 3.12. The van der Waals surface area contributed by atoms with Crippen molar-refractivity contribution in [3.05, 3.63) is 0 Å². The van der Waals surface area contributed by atoms with Crippen LogP contribution in [0.3, 0.4) is 0 Å². The number of carbonyl (C=O) groups excluding carboxylic acids is 2. The molecule has 1 saturated heterocycles. The second-order valence-corrected chi connectivity index (χ2v) is 6.16. The number of carboxylic acids is 1. The molecule has 0 radical (unpaired) electrons. The van der Waals surface area contributed by atoms with Crippen molar-refractivity contribution in [3.8, 4) is 0 Å². The summed E-state index contributed by atoms with van der Waals surface area (Å²) in [7, 11) is 0. The number of rotatable bonds is 5. The van der Waals surface area contributed by atoms with Crippen LogP contribution in [0.2, 0.25) is 0 Å². The Morgan fingerprint density at radius 3 is 2.43 bits per heavy atom. The third-order valence-electron chi connectivity index (χ3n) is 3.12. The Labute approximate surface area is 124 Å². The van der Waals surface area contributed by atoms with Gasteiger partial charge in [-0.05, 0) is 34.1 Å². The number of aliphatic carboxylic acids is 1. The van der Waals surface area contributed by atoms with Crippen molar-refractivity contribution in [2.24, 2.45) is 5.92 Å². The fourth-order valence-electron chi connectivity index (χ4n) is 2.10. The fraction of sp³-hybridized carbons (Fsp3) is 0.786. The van der Waals surface area contributed by atoms with Gasteiger partial charge in [-0.3, -0.25) is 9.59 Å². The van der Waals surface area contributed by atoms with Crippen LogP contribution in [0.4, 0.5) is 0 Å². The number of amides is 1. The Bertz CT molecular complexity index is 414. The molecule has 21 heavy (non-hydrogen) atoms. The maximum Gasteiger partial charge on any atom is 0.326 e. The molecule has 1 fully saturated rings. The normalized spacial score (nSPS) is 23.4. The smallest absolute Gasteiger partial charge is 0.326 e. The maximum atomic E-state index is 12.0. The molecule has 3 atom stereocenters. The first-order valence-electron chi connectivity index (χ1n) is 6.97. The third kappa shape index (κ3) is 5.71. The highest BCUT2D eigenvalue weighted by Gasteiger charge is 2.34. The van der Waals surface area contributed by atoms with Gasteiger partial charge in [-0.15, -0.1) is 0 Å². The lowest BCUT2D eigenvalue weighted by atomic mass is 10.0. The highest BCUT2D eigenvalue weighted by molar-refractivity contribution is 5.88. The lowest BCUT2D eigenvalue weighted by Crippen LogP contribution is -2.46. The SMILES string of the molecule is CC1OCCC1C(=O)N[C@@H](CC(=O)OC(C)(C)C)C(=O)O. The van der Waals surface area contributed by atoms with E-state index in [9.17, 15) is 14.4 Å². The summed E-state index contributed by atoms with van der Waals surface area (Å²) in [6.45, 7) is 7.31. The molecule has 0 aromatic heterocycles. The van der Waals surface area contributed by atoms with Gasteiger partial charge in [-0.25, -0.2) is 4.79 Å². The summed E-state index contributed by atoms with van der Waals surface area (Å²) in [5, 5.41) is 11.5. The minimum Gasteiger partial charge on any atom is -0.480 e. The number of nitrogens with one attached hydrogen (secondary N) is 1. The number of carboxylic acid groups (broad SMARTS) is 1. The summed E-state index contributed by atoms with van der Waals surface area (Å²) < 4.78 is 10.3. The van der Waals surface area contributed by atoms with Crippen LogP contribution in [0.15, 0.2) is 0 Å². The number of esters is 1. The Kier molecular flexibility index (Phi) is 5.71. The average molecular weight is 301 g/mol. The van der Waals surface area contributed by atoms with Gasteiger partial charge in [0, 0.05) is 6.61 Å². The second-order valence-electron chi connectivity index (χ2n) is 6.16. The van der Waals surface area contributed by atoms with Crippen molar-refractivity contribution in [1.29, 1.82) is 0 Å².